The lowest BCUT2D eigenvalue weighted by Gasteiger charge is -2.27. The number of benzene rings is 9. The van der Waals surface area contributed by atoms with Crippen molar-refractivity contribution in [3.8, 4) is 34.9 Å². The van der Waals surface area contributed by atoms with E-state index in [4.69, 9.17) is 0 Å². The van der Waals surface area contributed by atoms with E-state index in [0.717, 1.165) is 70.8 Å². The Labute approximate surface area is 455 Å². The van der Waals surface area contributed by atoms with Gasteiger partial charge in [-0.05, 0) is 149 Å². The van der Waals surface area contributed by atoms with Gasteiger partial charge in [0, 0.05) is 43.1 Å². The molecule has 0 unspecified atom stereocenters. The van der Waals surface area contributed by atoms with Gasteiger partial charge < -0.3 is 18.3 Å². The smallest absolute Gasteiger partial charge is 0.306 e. The maximum atomic E-state index is 14.8. The Bertz CT molecular complexity index is 4480. The van der Waals surface area contributed by atoms with Crippen LogP contribution < -0.4 is 0 Å². The molecule has 6 nitrogen and oxygen atoms in total. The van der Waals surface area contributed by atoms with Crippen molar-refractivity contribution in [2.45, 2.75) is 52.4 Å². The minimum Gasteiger partial charge on any atom is -0.306 e. The van der Waals surface area contributed by atoms with Crippen LogP contribution in [0, 0.1) is 50.4 Å². The van der Waals surface area contributed by atoms with E-state index in [0.29, 0.717) is 67.9 Å². The summed E-state index contributed by atoms with van der Waals surface area (Å²) >= 11 is 0. The zero-order valence-electron chi connectivity index (χ0n) is 43.1. The first-order valence-corrected chi connectivity index (χ1v) is 25.3. The van der Waals surface area contributed by atoms with Gasteiger partial charge in [0.1, 0.15) is 23.3 Å². The maximum absolute atomic E-state index is 14.8. The van der Waals surface area contributed by atoms with Crippen molar-refractivity contribution in [1.82, 2.24) is 18.3 Å². The Balaban J connectivity index is 1.37. The summed E-state index contributed by atoms with van der Waals surface area (Å²) in [6.07, 6.45) is -20.0. The van der Waals surface area contributed by atoms with E-state index in [1.54, 1.807) is 57.7 Å². The third-order valence-electron chi connectivity index (χ3n) is 15.5. The third-order valence-corrected chi connectivity index (χ3v) is 15.5. The molecule has 0 aliphatic rings. The fourth-order valence-corrected chi connectivity index (χ4v) is 12.0. The molecule has 13 rings (SSSR count). The Kier molecular flexibility index (Phi) is 11.0. The van der Waals surface area contributed by atoms with Gasteiger partial charge >= 0.3 is 24.7 Å². The number of alkyl halides is 12. The minimum absolute atomic E-state index is 0.125. The van der Waals surface area contributed by atoms with Gasteiger partial charge in [-0.25, -0.2) is 0 Å². The van der Waals surface area contributed by atoms with Crippen molar-refractivity contribution >= 4 is 87.2 Å². The normalized spacial score (nSPS) is 12.9. The summed E-state index contributed by atoms with van der Waals surface area (Å²) in [5.74, 6) is 0. The van der Waals surface area contributed by atoms with Crippen LogP contribution in [0.3, 0.4) is 0 Å². The van der Waals surface area contributed by atoms with Gasteiger partial charge in [-0.2, -0.15) is 63.2 Å². The lowest BCUT2D eigenvalue weighted by Crippen LogP contribution is -2.17. The van der Waals surface area contributed by atoms with E-state index >= 15 is 0 Å². The van der Waals surface area contributed by atoms with Gasteiger partial charge in [0.2, 0.25) is 0 Å². The molecule has 0 amide bonds. The summed E-state index contributed by atoms with van der Waals surface area (Å²) in [5, 5.41) is 26.1. The number of aryl methyl sites for hydroxylation is 4. The molecular formula is C64H36F12N6. The molecule has 18 heteroatoms. The van der Waals surface area contributed by atoms with E-state index in [-0.39, 0.29) is 77.5 Å². The van der Waals surface area contributed by atoms with Crippen molar-refractivity contribution in [2.24, 2.45) is 0 Å². The summed E-state index contributed by atoms with van der Waals surface area (Å²) in [7, 11) is 0. The fourth-order valence-electron chi connectivity index (χ4n) is 12.0. The number of hydrogen-bond acceptors (Lipinski definition) is 2. The number of nitrogens with zero attached hydrogens (tertiary/aromatic N) is 6. The molecule has 0 bridgehead atoms. The van der Waals surface area contributed by atoms with Gasteiger partial charge in [0.05, 0.1) is 89.1 Å². The molecule has 4 aromatic heterocycles. The van der Waals surface area contributed by atoms with Crippen LogP contribution in [0.5, 0.6) is 0 Å². The maximum Gasteiger partial charge on any atom is 0.416 e. The fraction of sp³-hybridized carbons (Fsp3) is 0.125. The lowest BCUT2D eigenvalue weighted by atomic mass is 9.98. The van der Waals surface area contributed by atoms with Gasteiger partial charge in [-0.1, -0.05) is 46.5 Å². The second-order valence-electron chi connectivity index (χ2n) is 20.7. The number of rotatable bonds is 4. The molecule has 0 aliphatic carbocycles. The molecule has 0 radical (unpaired) electrons. The van der Waals surface area contributed by atoms with Crippen LogP contribution in [0.15, 0.2) is 146 Å². The Morgan fingerprint density at radius 1 is 0.268 bits per heavy atom. The highest BCUT2D eigenvalue weighted by Crippen LogP contribution is 2.51. The van der Waals surface area contributed by atoms with Crippen LogP contribution in [0.4, 0.5) is 52.7 Å². The average molecular weight is 1120 g/mol. The van der Waals surface area contributed by atoms with Crippen LogP contribution >= 0.6 is 0 Å². The van der Waals surface area contributed by atoms with Crippen molar-refractivity contribution < 1.29 is 52.7 Å². The zero-order valence-corrected chi connectivity index (χ0v) is 43.1. The quantitative estimate of drug-likeness (QED) is 0.165. The number of nitriles is 2. The molecule has 0 aliphatic heterocycles. The monoisotopic (exact) mass is 1120 g/mol. The Hall–Kier alpha value is -9.68. The zero-order chi connectivity index (χ0) is 58.0. The molecular weight excluding hydrogens is 1080 g/mol. The molecule has 406 valence electrons. The molecule has 0 atom stereocenters. The Morgan fingerprint density at radius 3 is 0.610 bits per heavy atom. The van der Waals surface area contributed by atoms with Crippen molar-refractivity contribution in [3.63, 3.8) is 0 Å². The van der Waals surface area contributed by atoms with Crippen LogP contribution in [0.2, 0.25) is 0 Å². The highest BCUT2D eigenvalue weighted by molar-refractivity contribution is 6.16. The largest absolute Gasteiger partial charge is 0.416 e. The predicted molar refractivity (Wildman–Crippen MR) is 292 cm³/mol. The van der Waals surface area contributed by atoms with Gasteiger partial charge in [-0.3, -0.25) is 0 Å². The summed E-state index contributed by atoms with van der Waals surface area (Å²) in [5.41, 5.74) is -1.99. The predicted octanol–water partition coefficient (Wildman–Crippen LogP) is 19.1. The lowest BCUT2D eigenvalue weighted by molar-refractivity contribution is -0.138. The van der Waals surface area contributed by atoms with E-state index in [1.807, 2.05) is 52.0 Å². The van der Waals surface area contributed by atoms with E-state index in [2.05, 4.69) is 12.1 Å². The summed E-state index contributed by atoms with van der Waals surface area (Å²) in [4.78, 5) is 0. The van der Waals surface area contributed by atoms with Crippen LogP contribution in [0.1, 0.15) is 55.6 Å². The molecule has 9 aromatic carbocycles. The van der Waals surface area contributed by atoms with Crippen molar-refractivity contribution in [1.29, 1.82) is 10.5 Å². The Morgan fingerprint density at radius 2 is 0.439 bits per heavy atom. The van der Waals surface area contributed by atoms with Gasteiger partial charge in [-0.15, -0.1) is 0 Å². The van der Waals surface area contributed by atoms with Crippen molar-refractivity contribution in [3.05, 3.63) is 201 Å². The molecule has 0 saturated heterocycles. The summed E-state index contributed by atoms with van der Waals surface area (Å²) < 4.78 is 184. The van der Waals surface area contributed by atoms with Crippen LogP contribution in [0.25, 0.3) is 110 Å². The molecule has 0 saturated carbocycles. The average Bonchev–Trinajstić information content (AvgIpc) is 3.57. The van der Waals surface area contributed by atoms with E-state index in [9.17, 15) is 63.2 Å². The second-order valence-corrected chi connectivity index (χ2v) is 20.7. The number of halogens is 12. The standard InChI is InChI=1S/C64H36F12N6/c1-31-5-13-49-39(21-31)40-22-32(2)6-14-50(40)79(49)57-47(29-77)60(82-55-19-11-37(63(71,72)73)27-45(55)46-28-38(64(74,75)76)12-20-56(46)82)58(80-51-15-7-33(3)23-41(51)42-24-34(4)8-16-52(42)80)48(30-78)59(57)81-53-17-9-35(61(65,66)67)25-43(53)44-26-36(62(68,69)70)10-18-54(44)81/h5-28H,1-4H3. The minimum atomic E-state index is -4.99. The number of fused-ring (bicyclic) bond motifs is 12. The first-order valence-electron chi connectivity index (χ1n) is 25.3. The van der Waals surface area contributed by atoms with Crippen LogP contribution in [-0.2, 0) is 24.7 Å². The molecule has 0 fully saturated rings. The third kappa shape index (κ3) is 7.64. The van der Waals surface area contributed by atoms with E-state index in [1.165, 1.54) is 9.13 Å². The van der Waals surface area contributed by atoms with Crippen LogP contribution in [-0.4, -0.2) is 18.3 Å². The van der Waals surface area contributed by atoms with Gasteiger partial charge in [0.15, 0.2) is 0 Å². The molecule has 13 aromatic rings. The molecule has 0 spiro atoms. The summed E-state index contributed by atoms with van der Waals surface area (Å²) in [6, 6.07) is 36.5. The molecule has 0 N–H and O–H groups in total. The number of hydrogen-bond donors (Lipinski definition) is 0. The summed E-state index contributed by atoms with van der Waals surface area (Å²) in [6.45, 7) is 7.39. The second kappa shape index (κ2) is 17.4. The highest BCUT2D eigenvalue weighted by Gasteiger charge is 2.39. The molecule has 4 heterocycles. The number of aromatic nitrogens is 4. The topological polar surface area (TPSA) is 67.3 Å². The molecule has 82 heavy (non-hydrogen) atoms. The SMILES string of the molecule is Cc1ccc2c(c1)c1cc(C)ccc1n2-c1c(C#N)c(-n2c3ccc(C(F)(F)F)cc3c3cc(C(F)(F)F)ccc32)c(-n2c3ccc(C)cc3c3cc(C)ccc32)c(C#N)c1-n1c2ccc(C(F)(F)F)cc2c2cc(C(F)(F)F)ccc21. The first-order chi connectivity index (χ1) is 38.8. The van der Waals surface area contributed by atoms with E-state index < -0.39 is 47.0 Å². The first kappa shape index (κ1) is 51.7. The van der Waals surface area contributed by atoms with Gasteiger partial charge in [0.25, 0.3) is 0 Å². The van der Waals surface area contributed by atoms with Crippen molar-refractivity contribution in [2.75, 3.05) is 0 Å². The highest BCUT2D eigenvalue weighted by atomic mass is 19.4.